The second-order valence-electron chi connectivity index (χ2n) is 5.25. The minimum absolute atomic E-state index is 0. The van der Waals surface area contributed by atoms with Gasteiger partial charge in [0.15, 0.2) is 5.78 Å². The van der Waals surface area contributed by atoms with Crippen LogP contribution < -0.4 is 0 Å². The van der Waals surface area contributed by atoms with Crippen LogP contribution in [0.1, 0.15) is 36.0 Å². The van der Waals surface area contributed by atoms with Crippen molar-refractivity contribution in [3.63, 3.8) is 0 Å². The van der Waals surface area contributed by atoms with Gasteiger partial charge in [-0.05, 0) is 76.5 Å². The van der Waals surface area contributed by atoms with Crippen molar-refractivity contribution in [2.24, 2.45) is 0 Å². The van der Waals surface area contributed by atoms with E-state index in [0.717, 1.165) is 24.8 Å². The van der Waals surface area contributed by atoms with Crippen LogP contribution in [0.15, 0.2) is 30.3 Å². The predicted octanol–water partition coefficient (Wildman–Crippen LogP) is 4.85. The molecule has 2 saturated carbocycles. The number of unbranched alkanes of at least 4 members (excludes halogenated alkanes) is 1. The Kier molecular flexibility index (Phi) is 11.4. The molecule has 10 radical (unpaired) electrons. The molecule has 0 N–H and O–H groups in total. The summed E-state index contributed by atoms with van der Waals surface area (Å²) in [5, 5.41) is 0. The number of carbonyl (C=O) groups excluding carboxylic acids is 1. The van der Waals surface area contributed by atoms with Crippen LogP contribution in [0.2, 0.25) is 0 Å². The summed E-state index contributed by atoms with van der Waals surface area (Å²) in [6.07, 6.45) is 22.2. The first-order chi connectivity index (χ1) is 10.9. The minimum Gasteiger partial charge on any atom is -0.294 e. The summed E-state index contributed by atoms with van der Waals surface area (Å²) in [5.74, 6) is 1.63. The molecule has 0 heterocycles. The number of hydrogen-bond donors (Lipinski definition) is 0. The average molecular weight is 346 g/mol. The van der Waals surface area contributed by atoms with Gasteiger partial charge >= 0.3 is 17.1 Å². The molecule has 118 valence electrons. The smallest absolute Gasteiger partial charge is 0.294 e. The van der Waals surface area contributed by atoms with Gasteiger partial charge in [-0.2, -0.15) is 0 Å². The van der Waals surface area contributed by atoms with Gasteiger partial charge in [0, 0.05) is 12.0 Å². The van der Waals surface area contributed by atoms with E-state index in [2.05, 4.69) is 25.7 Å². The Hall–Kier alpha value is -0.591. The van der Waals surface area contributed by atoms with Crippen LogP contribution in [-0.4, -0.2) is 5.78 Å². The van der Waals surface area contributed by atoms with Crippen molar-refractivity contribution in [3.8, 4) is 0 Å². The van der Waals surface area contributed by atoms with E-state index in [4.69, 9.17) is 0 Å². The largest absolute Gasteiger partial charge is 2.00 e. The third kappa shape index (κ3) is 8.72. The number of rotatable bonds is 6. The SMILES string of the molecule is O=C(CCCC[C]1[CH][CH][CH][CH]1)c1ccccc1.[CH]1[CH][CH][CH][CH]1.[Fe+2]. The van der Waals surface area contributed by atoms with Crippen LogP contribution in [0.4, 0.5) is 0 Å². The molecule has 2 aliphatic rings. The molecule has 0 atom stereocenters. The van der Waals surface area contributed by atoms with E-state index < -0.39 is 0 Å². The van der Waals surface area contributed by atoms with Gasteiger partial charge in [-0.25, -0.2) is 0 Å². The maximum absolute atomic E-state index is 11.8. The summed E-state index contributed by atoms with van der Waals surface area (Å²) in [6, 6.07) is 9.54. The molecule has 0 aliphatic heterocycles. The Labute approximate surface area is 153 Å². The Bertz CT molecular complexity index is 397. The number of Topliss-reactive ketones (excluding diaryl/α,β-unsaturated/α-hetero) is 1. The molecule has 23 heavy (non-hydrogen) atoms. The van der Waals surface area contributed by atoms with Gasteiger partial charge in [0.2, 0.25) is 0 Å². The maximum Gasteiger partial charge on any atom is 2.00 e. The van der Waals surface area contributed by atoms with Gasteiger partial charge in [-0.3, -0.25) is 4.79 Å². The first kappa shape index (κ1) is 20.5. The molecule has 3 rings (SSSR count). The molecule has 0 unspecified atom stereocenters. The third-order valence-corrected chi connectivity index (χ3v) is 3.50. The molecule has 1 nitrogen and oxygen atoms in total. The standard InChI is InChI=1S/C16H17O.C5H5.Fe/c17-16(15-11-2-1-3-12-15)13-7-6-10-14-8-4-5-9-14;1-2-4-5-3-1;/h1-5,8-9,11-12H,6-7,10,13H2;1-5H;/q;;+2. The molecular formula is C21H22FeO+2. The Morgan fingerprint density at radius 2 is 1.30 bits per heavy atom. The summed E-state index contributed by atoms with van der Waals surface area (Å²) < 4.78 is 0. The fourth-order valence-corrected chi connectivity index (χ4v) is 2.28. The van der Waals surface area contributed by atoms with Crippen LogP contribution in [0.3, 0.4) is 0 Å². The van der Waals surface area contributed by atoms with Crippen LogP contribution in [-0.2, 0) is 17.1 Å². The quantitative estimate of drug-likeness (QED) is 0.409. The Morgan fingerprint density at radius 3 is 1.87 bits per heavy atom. The topological polar surface area (TPSA) is 17.1 Å². The van der Waals surface area contributed by atoms with E-state index in [1.807, 2.05) is 62.4 Å². The zero-order valence-electron chi connectivity index (χ0n) is 13.2. The number of hydrogen-bond acceptors (Lipinski definition) is 1. The van der Waals surface area contributed by atoms with Crippen LogP contribution >= 0.6 is 0 Å². The van der Waals surface area contributed by atoms with Gasteiger partial charge in [0.1, 0.15) is 0 Å². The molecule has 1 aromatic carbocycles. The molecule has 0 saturated heterocycles. The molecule has 1 aromatic rings. The van der Waals surface area contributed by atoms with Gasteiger partial charge < -0.3 is 0 Å². The van der Waals surface area contributed by atoms with Crippen LogP contribution in [0.25, 0.3) is 0 Å². The third-order valence-electron chi connectivity index (χ3n) is 3.50. The van der Waals surface area contributed by atoms with E-state index in [-0.39, 0.29) is 22.9 Å². The molecule has 0 bridgehead atoms. The molecule has 2 heteroatoms. The maximum atomic E-state index is 11.8. The van der Waals surface area contributed by atoms with E-state index in [0.29, 0.717) is 6.42 Å². The summed E-state index contributed by atoms with van der Waals surface area (Å²) in [5.41, 5.74) is 0.834. The van der Waals surface area contributed by atoms with Gasteiger partial charge in [-0.15, -0.1) is 0 Å². The van der Waals surface area contributed by atoms with E-state index in [1.54, 1.807) is 0 Å². The zero-order chi connectivity index (χ0) is 15.5. The van der Waals surface area contributed by atoms with Crippen molar-refractivity contribution in [2.75, 3.05) is 0 Å². The van der Waals surface area contributed by atoms with E-state index in [1.165, 1.54) is 5.92 Å². The number of ketones is 1. The van der Waals surface area contributed by atoms with Crippen molar-refractivity contribution in [3.05, 3.63) is 99.6 Å². The predicted molar refractivity (Wildman–Crippen MR) is 91.2 cm³/mol. The molecule has 0 amide bonds. The van der Waals surface area contributed by atoms with Crippen molar-refractivity contribution < 1.29 is 21.9 Å². The molecule has 0 spiro atoms. The van der Waals surface area contributed by atoms with Crippen LogP contribution in [0, 0.1) is 63.7 Å². The zero-order valence-corrected chi connectivity index (χ0v) is 14.3. The normalized spacial score (nSPS) is 17.2. The first-order valence-corrected chi connectivity index (χ1v) is 7.82. The average Bonchev–Trinajstić information content (AvgIpc) is 3.28. The second kappa shape index (κ2) is 12.8. The van der Waals surface area contributed by atoms with Crippen molar-refractivity contribution in [2.45, 2.75) is 25.7 Å². The van der Waals surface area contributed by atoms with Gasteiger partial charge in [0.25, 0.3) is 0 Å². The summed E-state index contributed by atoms with van der Waals surface area (Å²) in [4.78, 5) is 11.8. The molecule has 2 aliphatic carbocycles. The Balaban J connectivity index is 0.000000377. The first-order valence-electron chi connectivity index (χ1n) is 7.82. The number of carbonyl (C=O) groups is 1. The molecule has 0 aromatic heterocycles. The van der Waals surface area contributed by atoms with Crippen LogP contribution in [0.5, 0.6) is 0 Å². The minimum atomic E-state index is 0. The monoisotopic (exact) mass is 346 g/mol. The summed E-state index contributed by atoms with van der Waals surface area (Å²) >= 11 is 0. The fourth-order valence-electron chi connectivity index (χ4n) is 2.28. The fraction of sp³-hybridized carbons (Fsp3) is 0.190. The van der Waals surface area contributed by atoms with Crippen molar-refractivity contribution in [1.82, 2.24) is 0 Å². The Morgan fingerprint density at radius 1 is 0.739 bits per heavy atom. The summed E-state index contributed by atoms with van der Waals surface area (Å²) in [6.45, 7) is 0. The van der Waals surface area contributed by atoms with Crippen molar-refractivity contribution in [1.29, 1.82) is 0 Å². The van der Waals surface area contributed by atoms with Crippen molar-refractivity contribution >= 4 is 5.78 Å². The van der Waals surface area contributed by atoms with E-state index in [9.17, 15) is 4.79 Å². The van der Waals surface area contributed by atoms with Gasteiger partial charge in [0.05, 0.1) is 0 Å². The summed E-state index contributed by atoms with van der Waals surface area (Å²) in [7, 11) is 0. The molecule has 2 fully saturated rings. The number of benzene rings is 1. The van der Waals surface area contributed by atoms with Gasteiger partial charge in [-0.1, -0.05) is 36.8 Å². The second-order valence-corrected chi connectivity index (χ2v) is 5.25. The van der Waals surface area contributed by atoms with E-state index >= 15 is 0 Å². The molecular weight excluding hydrogens is 324 g/mol.